The number of furan rings is 1. The van der Waals surface area contributed by atoms with Crippen LogP contribution in [0.5, 0.6) is 0 Å². The highest BCUT2D eigenvalue weighted by atomic mass is 16.4. The van der Waals surface area contributed by atoms with E-state index in [0.29, 0.717) is 36.3 Å². The van der Waals surface area contributed by atoms with Gasteiger partial charge in [-0.1, -0.05) is 6.08 Å². The van der Waals surface area contributed by atoms with Gasteiger partial charge in [0.25, 0.3) is 0 Å². The summed E-state index contributed by atoms with van der Waals surface area (Å²) in [5, 5.41) is 16.5. The van der Waals surface area contributed by atoms with Gasteiger partial charge in [0.05, 0.1) is 24.9 Å². The van der Waals surface area contributed by atoms with E-state index in [2.05, 4.69) is 27.8 Å². The van der Waals surface area contributed by atoms with E-state index in [1.165, 1.54) is 17.7 Å². The lowest BCUT2D eigenvalue weighted by Crippen LogP contribution is -2.47. The third-order valence-corrected chi connectivity index (χ3v) is 6.64. The summed E-state index contributed by atoms with van der Waals surface area (Å²) >= 11 is 0. The highest BCUT2D eigenvalue weighted by Crippen LogP contribution is 2.30. The van der Waals surface area contributed by atoms with Gasteiger partial charge in [0.2, 0.25) is 0 Å². The molecule has 9 heteroatoms. The SMILES string of the molecule is O=C(O)C[C@H](c1cnc2ccoc2c1)N1CCN(CCCC2=CC=C3CCCNC3N2)C1=O. The van der Waals surface area contributed by atoms with Crippen LogP contribution < -0.4 is 10.6 Å². The zero-order valence-corrected chi connectivity index (χ0v) is 18.5. The van der Waals surface area contributed by atoms with Crippen molar-refractivity contribution in [2.45, 2.75) is 44.3 Å². The Balaban J connectivity index is 1.21. The molecule has 0 bridgehead atoms. The molecule has 3 aliphatic rings. The molecule has 2 amide bonds. The molecule has 2 aromatic rings. The van der Waals surface area contributed by atoms with Crippen LogP contribution in [-0.4, -0.2) is 64.2 Å². The molecule has 33 heavy (non-hydrogen) atoms. The first-order valence-corrected chi connectivity index (χ1v) is 11.6. The number of rotatable bonds is 8. The van der Waals surface area contributed by atoms with Gasteiger partial charge in [-0.3, -0.25) is 15.1 Å². The van der Waals surface area contributed by atoms with Crippen LogP contribution in [0, 0.1) is 0 Å². The second-order valence-corrected chi connectivity index (χ2v) is 8.82. The van der Waals surface area contributed by atoms with E-state index >= 15 is 0 Å². The summed E-state index contributed by atoms with van der Waals surface area (Å²) in [5.74, 6) is -0.954. The van der Waals surface area contributed by atoms with Crippen molar-refractivity contribution in [2.75, 3.05) is 26.2 Å². The first kappa shape index (κ1) is 21.5. The topological polar surface area (TPSA) is 111 Å². The molecule has 2 saturated heterocycles. The number of amides is 2. The van der Waals surface area contributed by atoms with Gasteiger partial charge in [-0.25, -0.2) is 4.79 Å². The predicted molar refractivity (Wildman–Crippen MR) is 122 cm³/mol. The van der Waals surface area contributed by atoms with Gasteiger partial charge in [-0.15, -0.1) is 0 Å². The number of carboxylic acids is 1. The van der Waals surface area contributed by atoms with E-state index in [0.717, 1.165) is 25.8 Å². The highest BCUT2D eigenvalue weighted by Gasteiger charge is 2.35. The summed E-state index contributed by atoms with van der Waals surface area (Å²) in [6.45, 7) is 2.75. The Morgan fingerprint density at radius 1 is 1.33 bits per heavy atom. The minimum atomic E-state index is -0.954. The number of aromatic nitrogens is 1. The van der Waals surface area contributed by atoms with Crippen LogP contribution in [0.15, 0.2) is 52.4 Å². The molecule has 174 valence electrons. The maximum absolute atomic E-state index is 13.2. The average Bonchev–Trinajstić information content (AvgIpc) is 3.43. The Labute approximate surface area is 192 Å². The molecule has 1 unspecified atom stereocenters. The lowest BCUT2D eigenvalue weighted by Gasteiger charge is -2.32. The molecule has 0 aromatic carbocycles. The smallest absolute Gasteiger partial charge is 0.320 e. The minimum Gasteiger partial charge on any atom is -0.481 e. The number of aliphatic carboxylic acids is 1. The fourth-order valence-corrected chi connectivity index (χ4v) is 4.91. The number of dihydropyridines is 1. The molecule has 5 heterocycles. The van der Waals surface area contributed by atoms with Crippen molar-refractivity contribution in [3.05, 3.63) is 53.6 Å². The van der Waals surface area contributed by atoms with E-state index in [4.69, 9.17) is 4.42 Å². The molecule has 5 rings (SSSR count). The molecule has 2 aromatic heterocycles. The van der Waals surface area contributed by atoms with E-state index < -0.39 is 12.0 Å². The zero-order chi connectivity index (χ0) is 22.8. The van der Waals surface area contributed by atoms with Gasteiger partial charge in [-0.2, -0.15) is 0 Å². The van der Waals surface area contributed by atoms with Crippen LogP contribution in [0.1, 0.15) is 43.7 Å². The van der Waals surface area contributed by atoms with E-state index in [9.17, 15) is 14.7 Å². The molecular formula is C24H29N5O4. The maximum Gasteiger partial charge on any atom is 0.320 e. The minimum absolute atomic E-state index is 0.123. The molecule has 0 aliphatic carbocycles. The molecular weight excluding hydrogens is 422 g/mol. The Bertz CT molecular complexity index is 1110. The van der Waals surface area contributed by atoms with Crippen LogP contribution >= 0.6 is 0 Å². The molecule has 9 nitrogen and oxygen atoms in total. The molecule has 2 atom stereocenters. The number of hydrogen-bond donors (Lipinski definition) is 3. The molecule has 0 radical (unpaired) electrons. The number of allylic oxidation sites excluding steroid dienone is 3. The summed E-state index contributed by atoms with van der Waals surface area (Å²) < 4.78 is 5.42. The Morgan fingerprint density at radius 3 is 3.12 bits per heavy atom. The van der Waals surface area contributed by atoms with Crippen molar-refractivity contribution in [2.24, 2.45) is 0 Å². The van der Waals surface area contributed by atoms with E-state index in [1.54, 1.807) is 29.5 Å². The van der Waals surface area contributed by atoms with Crippen LogP contribution in [0.25, 0.3) is 11.1 Å². The van der Waals surface area contributed by atoms with E-state index in [1.807, 2.05) is 4.90 Å². The molecule has 2 fully saturated rings. The van der Waals surface area contributed by atoms with Gasteiger partial charge >= 0.3 is 12.0 Å². The molecule has 0 spiro atoms. The van der Waals surface area contributed by atoms with Crippen molar-refractivity contribution in [3.63, 3.8) is 0 Å². The highest BCUT2D eigenvalue weighted by molar-refractivity contribution is 5.79. The summed E-state index contributed by atoms with van der Waals surface area (Å²) in [6.07, 6.45) is 11.6. The Hall–Kier alpha value is -3.33. The van der Waals surface area contributed by atoms with E-state index in [-0.39, 0.29) is 18.6 Å². The number of carboxylic acid groups (broad SMARTS) is 1. The second-order valence-electron chi connectivity index (χ2n) is 8.82. The largest absolute Gasteiger partial charge is 0.481 e. The first-order chi connectivity index (χ1) is 16.1. The van der Waals surface area contributed by atoms with Gasteiger partial charge < -0.3 is 24.6 Å². The number of hydrogen-bond acceptors (Lipinski definition) is 6. The second kappa shape index (κ2) is 9.27. The number of carbonyl (C=O) groups excluding carboxylic acids is 1. The van der Waals surface area contributed by atoms with Crippen LogP contribution in [-0.2, 0) is 4.79 Å². The zero-order valence-electron chi connectivity index (χ0n) is 18.5. The van der Waals surface area contributed by atoms with Crippen molar-refractivity contribution in [1.82, 2.24) is 25.4 Å². The number of nitrogens with one attached hydrogen (secondary N) is 2. The summed E-state index contributed by atoms with van der Waals surface area (Å²) in [5.41, 5.74) is 4.56. The van der Waals surface area contributed by atoms with Crippen LogP contribution in [0.4, 0.5) is 4.79 Å². The molecule has 0 saturated carbocycles. The van der Waals surface area contributed by atoms with Gasteiger partial charge in [0.15, 0.2) is 5.58 Å². The third kappa shape index (κ3) is 4.59. The lowest BCUT2D eigenvalue weighted by molar-refractivity contribution is -0.138. The van der Waals surface area contributed by atoms with Crippen molar-refractivity contribution in [3.8, 4) is 0 Å². The lowest BCUT2D eigenvalue weighted by atomic mass is 9.99. The monoisotopic (exact) mass is 451 g/mol. The fourth-order valence-electron chi connectivity index (χ4n) is 4.91. The van der Waals surface area contributed by atoms with Gasteiger partial charge in [0.1, 0.15) is 5.52 Å². The maximum atomic E-state index is 13.2. The summed E-state index contributed by atoms with van der Waals surface area (Å²) in [6, 6.07) is 2.84. The first-order valence-electron chi connectivity index (χ1n) is 11.6. The number of nitrogens with zero attached hydrogens (tertiary/aromatic N) is 3. The molecule has 3 aliphatic heterocycles. The number of piperidine rings is 1. The quantitative estimate of drug-likeness (QED) is 0.566. The third-order valence-electron chi connectivity index (χ3n) is 6.64. The molecule has 3 N–H and O–H groups in total. The number of pyridine rings is 1. The average molecular weight is 452 g/mol. The Kier molecular flexibility index (Phi) is 6.04. The summed E-state index contributed by atoms with van der Waals surface area (Å²) in [4.78, 5) is 32.5. The van der Waals surface area contributed by atoms with Crippen LogP contribution in [0.2, 0.25) is 0 Å². The van der Waals surface area contributed by atoms with Gasteiger partial charge in [-0.05, 0) is 55.5 Å². The fraction of sp³-hybridized carbons (Fsp3) is 0.458. The number of fused-ring (bicyclic) bond motifs is 2. The van der Waals surface area contributed by atoms with Crippen molar-refractivity contribution in [1.29, 1.82) is 0 Å². The predicted octanol–water partition coefficient (Wildman–Crippen LogP) is 2.98. The number of urea groups is 1. The standard InChI is InChI=1S/C24H29N5O4/c30-22(31)14-20(17-13-21-19(26-15-17)7-12-33-21)29-11-10-28(24(29)32)9-2-4-18-6-5-16-3-1-8-25-23(16)27-18/h5-7,12-13,15,20,23,25,27H,1-4,8-11,14H2,(H,30,31)/t20-,23?/m1/s1. The normalized spacial score (nSPS) is 21.5. The van der Waals surface area contributed by atoms with Gasteiger partial charge in [0, 0.05) is 37.6 Å². The van der Waals surface area contributed by atoms with Crippen molar-refractivity contribution >= 4 is 23.1 Å². The summed E-state index contributed by atoms with van der Waals surface area (Å²) in [7, 11) is 0. The van der Waals surface area contributed by atoms with Crippen molar-refractivity contribution < 1.29 is 19.1 Å². The van der Waals surface area contributed by atoms with Crippen LogP contribution in [0.3, 0.4) is 0 Å². The Morgan fingerprint density at radius 2 is 2.24 bits per heavy atom. The number of carbonyl (C=O) groups is 2.